The number of hydrogen-bond donors (Lipinski definition) is 3. The van der Waals surface area contributed by atoms with Crippen molar-refractivity contribution in [1.82, 2.24) is 10.6 Å². The average Bonchev–Trinajstić information content (AvgIpc) is 2.16. The zero-order valence-electron chi connectivity index (χ0n) is 8.08. The molecule has 0 radical (unpaired) electrons. The molecule has 3 N–H and O–H groups in total. The highest BCUT2D eigenvalue weighted by molar-refractivity contribution is 5.74. The van der Waals surface area contributed by atoms with Gasteiger partial charge in [-0.05, 0) is 25.3 Å². The number of nitrogens with one attached hydrogen (secondary N) is 2. The second-order valence-corrected chi connectivity index (χ2v) is 3.77. The molecule has 0 bridgehead atoms. The summed E-state index contributed by atoms with van der Waals surface area (Å²) in [5.41, 5.74) is 1.18. The average molecular weight is 194 g/mol. The lowest BCUT2D eigenvalue weighted by Gasteiger charge is -2.30. The Morgan fingerprint density at radius 1 is 1.57 bits per heavy atom. The van der Waals surface area contributed by atoms with Crippen molar-refractivity contribution in [3.63, 3.8) is 0 Å². The summed E-state index contributed by atoms with van der Waals surface area (Å²) in [6, 6.07) is -0.172. The highest BCUT2D eigenvalue weighted by atomic mass is 16.4. The SMILES string of the molecule is CC1C=CC2=C(N1)N[C@@H](C(=O)O)CC2. The number of rotatable bonds is 1. The van der Waals surface area contributed by atoms with E-state index in [0.29, 0.717) is 6.42 Å². The summed E-state index contributed by atoms with van der Waals surface area (Å²) < 4.78 is 0. The summed E-state index contributed by atoms with van der Waals surface area (Å²) in [5.74, 6) is 0.110. The summed E-state index contributed by atoms with van der Waals surface area (Å²) in [5, 5.41) is 15.1. The summed E-state index contributed by atoms with van der Waals surface area (Å²) >= 11 is 0. The Morgan fingerprint density at radius 2 is 2.36 bits per heavy atom. The maximum absolute atomic E-state index is 10.8. The molecule has 4 heteroatoms. The summed E-state index contributed by atoms with van der Waals surface area (Å²) in [4.78, 5) is 10.8. The van der Waals surface area contributed by atoms with Gasteiger partial charge in [-0.1, -0.05) is 12.2 Å². The maximum Gasteiger partial charge on any atom is 0.326 e. The first-order valence-electron chi connectivity index (χ1n) is 4.84. The molecule has 0 amide bonds. The first-order chi connectivity index (χ1) is 6.66. The van der Waals surface area contributed by atoms with Crippen molar-refractivity contribution in [2.45, 2.75) is 31.8 Å². The third-order valence-electron chi connectivity index (χ3n) is 2.60. The minimum atomic E-state index is -0.777. The molecule has 2 aliphatic rings. The van der Waals surface area contributed by atoms with Crippen LogP contribution in [-0.2, 0) is 4.79 Å². The lowest BCUT2D eigenvalue weighted by Crippen LogP contribution is -2.46. The third-order valence-corrected chi connectivity index (χ3v) is 2.60. The van der Waals surface area contributed by atoms with Crippen LogP contribution in [0.1, 0.15) is 19.8 Å². The number of aliphatic carboxylic acids is 1. The molecule has 2 aliphatic heterocycles. The summed E-state index contributed by atoms with van der Waals surface area (Å²) in [7, 11) is 0. The monoisotopic (exact) mass is 194 g/mol. The number of dihydropyridines is 1. The minimum absolute atomic E-state index is 0.272. The van der Waals surface area contributed by atoms with Crippen LogP contribution in [0.3, 0.4) is 0 Å². The lowest BCUT2D eigenvalue weighted by molar-refractivity contribution is -0.139. The van der Waals surface area contributed by atoms with Gasteiger partial charge >= 0.3 is 5.97 Å². The highest BCUT2D eigenvalue weighted by Gasteiger charge is 2.25. The molecule has 2 atom stereocenters. The van der Waals surface area contributed by atoms with E-state index in [2.05, 4.69) is 22.8 Å². The van der Waals surface area contributed by atoms with Gasteiger partial charge in [0.1, 0.15) is 11.9 Å². The molecule has 0 fully saturated rings. The summed E-state index contributed by atoms with van der Waals surface area (Å²) in [6.45, 7) is 2.03. The Morgan fingerprint density at radius 3 is 3.07 bits per heavy atom. The molecule has 2 rings (SSSR count). The Kier molecular flexibility index (Phi) is 2.19. The molecule has 14 heavy (non-hydrogen) atoms. The molecule has 0 saturated heterocycles. The van der Waals surface area contributed by atoms with Crippen LogP contribution in [0.25, 0.3) is 0 Å². The molecule has 0 aromatic rings. The van der Waals surface area contributed by atoms with Gasteiger partial charge in [-0.25, -0.2) is 4.79 Å². The van der Waals surface area contributed by atoms with Crippen LogP contribution in [0.2, 0.25) is 0 Å². The van der Waals surface area contributed by atoms with Gasteiger partial charge in [-0.3, -0.25) is 0 Å². The van der Waals surface area contributed by atoms with Crippen LogP contribution in [0.15, 0.2) is 23.5 Å². The van der Waals surface area contributed by atoms with Crippen LogP contribution in [0.4, 0.5) is 0 Å². The van der Waals surface area contributed by atoms with Gasteiger partial charge < -0.3 is 15.7 Å². The number of allylic oxidation sites excluding steroid dienone is 2. The number of carboxylic acids is 1. The van der Waals surface area contributed by atoms with Crippen LogP contribution >= 0.6 is 0 Å². The largest absolute Gasteiger partial charge is 0.480 e. The van der Waals surface area contributed by atoms with Crippen molar-refractivity contribution < 1.29 is 9.90 Å². The molecule has 0 saturated carbocycles. The Balaban J connectivity index is 2.14. The first kappa shape index (κ1) is 9.12. The minimum Gasteiger partial charge on any atom is -0.480 e. The molecule has 0 aromatic carbocycles. The molecule has 76 valence electrons. The van der Waals surface area contributed by atoms with E-state index in [1.165, 1.54) is 5.57 Å². The van der Waals surface area contributed by atoms with Gasteiger partial charge in [-0.15, -0.1) is 0 Å². The van der Waals surface area contributed by atoms with E-state index in [-0.39, 0.29) is 6.04 Å². The molecular weight excluding hydrogens is 180 g/mol. The Hall–Kier alpha value is -1.45. The molecule has 0 aliphatic carbocycles. The van der Waals surface area contributed by atoms with E-state index in [1.54, 1.807) is 0 Å². The predicted octanol–water partition coefficient (Wildman–Crippen LogP) is 0.582. The van der Waals surface area contributed by atoms with Gasteiger partial charge in [0.15, 0.2) is 0 Å². The zero-order chi connectivity index (χ0) is 10.1. The number of carboxylic acid groups (broad SMARTS) is 1. The van der Waals surface area contributed by atoms with E-state index in [9.17, 15) is 4.79 Å². The highest BCUT2D eigenvalue weighted by Crippen LogP contribution is 2.21. The van der Waals surface area contributed by atoms with Gasteiger partial charge in [0.2, 0.25) is 0 Å². The first-order valence-corrected chi connectivity index (χ1v) is 4.84. The fraction of sp³-hybridized carbons (Fsp3) is 0.500. The summed E-state index contributed by atoms with van der Waals surface area (Å²) in [6.07, 6.45) is 5.65. The van der Waals surface area contributed by atoms with Gasteiger partial charge in [0, 0.05) is 6.04 Å². The van der Waals surface area contributed by atoms with E-state index in [4.69, 9.17) is 5.11 Å². The van der Waals surface area contributed by atoms with Gasteiger partial charge in [0.25, 0.3) is 0 Å². The molecule has 0 spiro atoms. The quantitative estimate of drug-likeness (QED) is 0.571. The smallest absolute Gasteiger partial charge is 0.326 e. The van der Waals surface area contributed by atoms with E-state index < -0.39 is 12.0 Å². The topological polar surface area (TPSA) is 61.4 Å². The molecule has 4 nitrogen and oxygen atoms in total. The maximum atomic E-state index is 10.8. The van der Waals surface area contributed by atoms with Crippen LogP contribution in [0.5, 0.6) is 0 Å². The van der Waals surface area contributed by atoms with E-state index in [1.807, 2.05) is 6.92 Å². The van der Waals surface area contributed by atoms with E-state index in [0.717, 1.165) is 12.2 Å². The third kappa shape index (κ3) is 1.60. The predicted molar refractivity (Wildman–Crippen MR) is 52.6 cm³/mol. The van der Waals surface area contributed by atoms with Gasteiger partial charge in [-0.2, -0.15) is 0 Å². The second kappa shape index (κ2) is 3.36. The fourth-order valence-electron chi connectivity index (χ4n) is 1.79. The normalized spacial score (nSPS) is 30.4. The molecular formula is C10H14N2O2. The van der Waals surface area contributed by atoms with Crippen LogP contribution < -0.4 is 10.6 Å². The van der Waals surface area contributed by atoms with Crippen LogP contribution in [-0.4, -0.2) is 23.2 Å². The molecule has 0 aromatic heterocycles. The molecule has 1 unspecified atom stereocenters. The molecule has 2 heterocycles. The van der Waals surface area contributed by atoms with Crippen molar-refractivity contribution in [2.24, 2.45) is 0 Å². The lowest BCUT2D eigenvalue weighted by atomic mass is 9.98. The van der Waals surface area contributed by atoms with Crippen molar-refractivity contribution in [3.05, 3.63) is 23.5 Å². The Bertz CT molecular complexity index is 320. The van der Waals surface area contributed by atoms with Crippen molar-refractivity contribution in [1.29, 1.82) is 0 Å². The zero-order valence-corrected chi connectivity index (χ0v) is 8.08. The number of carbonyl (C=O) groups is 1. The van der Waals surface area contributed by atoms with Gasteiger partial charge in [0.05, 0.1) is 0 Å². The number of hydrogen-bond acceptors (Lipinski definition) is 3. The van der Waals surface area contributed by atoms with Crippen molar-refractivity contribution in [2.75, 3.05) is 0 Å². The van der Waals surface area contributed by atoms with Crippen molar-refractivity contribution in [3.8, 4) is 0 Å². The van der Waals surface area contributed by atoms with E-state index >= 15 is 0 Å². The second-order valence-electron chi connectivity index (χ2n) is 3.77. The standard InChI is InChI=1S/C10H14N2O2/c1-6-2-3-7-4-5-8(10(13)14)12-9(7)11-6/h2-3,6,8,11-12H,4-5H2,1H3,(H,13,14)/t6?,8-/m1/s1. The van der Waals surface area contributed by atoms with Crippen LogP contribution in [0, 0.1) is 0 Å². The van der Waals surface area contributed by atoms with Crippen molar-refractivity contribution >= 4 is 5.97 Å². The Labute approximate surface area is 82.7 Å². The fourth-order valence-corrected chi connectivity index (χ4v) is 1.79.